The molecule has 6 heteroatoms. The lowest BCUT2D eigenvalue weighted by Gasteiger charge is -2.33. The highest BCUT2D eigenvalue weighted by atomic mass is 16.4. The van der Waals surface area contributed by atoms with Gasteiger partial charge >= 0.3 is 6.03 Å². The van der Waals surface area contributed by atoms with Crippen molar-refractivity contribution in [1.29, 1.82) is 0 Å². The molecule has 6 nitrogen and oxygen atoms in total. The number of rotatable bonds is 3. The number of likely N-dealkylation sites (tertiary alicyclic amines) is 1. The number of nitrogens with one attached hydrogen (secondary N) is 1. The van der Waals surface area contributed by atoms with Gasteiger partial charge in [-0.05, 0) is 24.7 Å². The zero-order chi connectivity index (χ0) is 13.7. The van der Waals surface area contributed by atoms with Crippen LogP contribution in [0.15, 0.2) is 5.16 Å². The second kappa shape index (κ2) is 6.47. The quantitative estimate of drug-likeness (QED) is 0.307. The van der Waals surface area contributed by atoms with Crippen LogP contribution < -0.4 is 11.1 Å². The molecule has 104 valence electrons. The summed E-state index contributed by atoms with van der Waals surface area (Å²) in [6.07, 6.45) is 2.20. The van der Waals surface area contributed by atoms with E-state index in [1.54, 1.807) is 4.90 Å². The van der Waals surface area contributed by atoms with Crippen LogP contribution in [0.4, 0.5) is 4.79 Å². The average Bonchev–Trinajstić information content (AvgIpc) is 2.34. The van der Waals surface area contributed by atoms with Gasteiger partial charge in [0.25, 0.3) is 0 Å². The third kappa shape index (κ3) is 3.78. The largest absolute Gasteiger partial charge is 0.409 e. The van der Waals surface area contributed by atoms with Crippen LogP contribution in [0.2, 0.25) is 0 Å². The Morgan fingerprint density at radius 3 is 2.72 bits per heavy atom. The number of oxime groups is 1. The molecule has 18 heavy (non-hydrogen) atoms. The SMILES string of the molecule is CC1CCCN(C(=O)NC(C(N)=NO)C(C)C)C1. The molecule has 1 fully saturated rings. The van der Waals surface area contributed by atoms with Gasteiger partial charge in [-0.2, -0.15) is 0 Å². The first kappa shape index (κ1) is 14.6. The van der Waals surface area contributed by atoms with Crippen molar-refractivity contribution in [3.63, 3.8) is 0 Å². The predicted molar refractivity (Wildman–Crippen MR) is 70.5 cm³/mol. The van der Waals surface area contributed by atoms with Crippen LogP contribution in [-0.2, 0) is 0 Å². The number of amidine groups is 1. The zero-order valence-electron chi connectivity index (χ0n) is 11.4. The summed E-state index contributed by atoms with van der Waals surface area (Å²) in [6, 6.07) is -0.563. The molecule has 0 aromatic heterocycles. The van der Waals surface area contributed by atoms with Gasteiger partial charge in [-0.25, -0.2) is 4.79 Å². The van der Waals surface area contributed by atoms with E-state index >= 15 is 0 Å². The van der Waals surface area contributed by atoms with Crippen LogP contribution in [0.3, 0.4) is 0 Å². The number of carbonyl (C=O) groups excluding carboxylic acids is 1. The molecule has 1 aliphatic heterocycles. The molecule has 0 aliphatic carbocycles. The molecule has 0 spiro atoms. The van der Waals surface area contributed by atoms with Gasteiger partial charge in [-0.3, -0.25) is 0 Å². The minimum atomic E-state index is -0.431. The molecular weight excluding hydrogens is 232 g/mol. The van der Waals surface area contributed by atoms with E-state index in [9.17, 15) is 4.79 Å². The zero-order valence-corrected chi connectivity index (χ0v) is 11.4. The smallest absolute Gasteiger partial charge is 0.318 e. The van der Waals surface area contributed by atoms with Gasteiger partial charge in [0.1, 0.15) is 0 Å². The van der Waals surface area contributed by atoms with Gasteiger partial charge in [-0.15, -0.1) is 0 Å². The Morgan fingerprint density at radius 1 is 1.56 bits per heavy atom. The van der Waals surface area contributed by atoms with E-state index in [-0.39, 0.29) is 17.8 Å². The first-order valence-corrected chi connectivity index (χ1v) is 6.48. The maximum absolute atomic E-state index is 12.1. The monoisotopic (exact) mass is 256 g/mol. The van der Waals surface area contributed by atoms with Crippen LogP contribution in [0.5, 0.6) is 0 Å². The maximum Gasteiger partial charge on any atom is 0.318 e. The third-order valence-electron chi connectivity index (χ3n) is 3.32. The number of piperidine rings is 1. The van der Waals surface area contributed by atoms with E-state index in [0.29, 0.717) is 5.92 Å². The van der Waals surface area contributed by atoms with Crippen molar-refractivity contribution in [3.8, 4) is 0 Å². The van der Waals surface area contributed by atoms with Crippen molar-refractivity contribution in [2.24, 2.45) is 22.7 Å². The third-order valence-corrected chi connectivity index (χ3v) is 3.32. The number of nitrogens with two attached hydrogens (primary N) is 1. The lowest BCUT2D eigenvalue weighted by atomic mass is 10.0. The topological polar surface area (TPSA) is 91.0 Å². The molecule has 0 aromatic carbocycles. The predicted octanol–water partition coefficient (Wildman–Crippen LogP) is 1.20. The lowest BCUT2D eigenvalue weighted by molar-refractivity contribution is 0.166. The summed E-state index contributed by atoms with van der Waals surface area (Å²) in [5.74, 6) is 0.654. The fraction of sp³-hybridized carbons (Fsp3) is 0.833. The number of urea groups is 1. The Kier molecular flexibility index (Phi) is 5.25. The molecule has 0 saturated carbocycles. The van der Waals surface area contributed by atoms with Crippen molar-refractivity contribution in [2.45, 2.75) is 39.7 Å². The van der Waals surface area contributed by atoms with E-state index in [2.05, 4.69) is 17.4 Å². The molecule has 2 amide bonds. The molecule has 1 rings (SSSR count). The van der Waals surface area contributed by atoms with Gasteiger partial charge in [0.05, 0.1) is 6.04 Å². The minimum Gasteiger partial charge on any atom is -0.409 e. The molecule has 0 radical (unpaired) electrons. The number of hydrogen-bond acceptors (Lipinski definition) is 3. The summed E-state index contributed by atoms with van der Waals surface area (Å²) >= 11 is 0. The van der Waals surface area contributed by atoms with E-state index in [0.717, 1.165) is 25.9 Å². The Labute approximate surface area is 108 Å². The molecule has 0 aromatic rings. The lowest BCUT2D eigenvalue weighted by Crippen LogP contribution is -2.54. The molecule has 1 aliphatic rings. The molecule has 0 bridgehead atoms. The first-order chi connectivity index (χ1) is 8.45. The number of hydrogen-bond donors (Lipinski definition) is 3. The minimum absolute atomic E-state index is 0.0448. The average molecular weight is 256 g/mol. The van der Waals surface area contributed by atoms with Crippen molar-refractivity contribution in [2.75, 3.05) is 13.1 Å². The highest BCUT2D eigenvalue weighted by molar-refractivity contribution is 5.89. The van der Waals surface area contributed by atoms with Gasteiger partial charge in [0.2, 0.25) is 0 Å². The van der Waals surface area contributed by atoms with E-state index < -0.39 is 6.04 Å². The van der Waals surface area contributed by atoms with Crippen LogP contribution in [0.25, 0.3) is 0 Å². The van der Waals surface area contributed by atoms with E-state index in [1.807, 2.05) is 13.8 Å². The maximum atomic E-state index is 12.1. The molecule has 2 atom stereocenters. The highest BCUT2D eigenvalue weighted by Crippen LogP contribution is 2.15. The van der Waals surface area contributed by atoms with Crippen LogP contribution >= 0.6 is 0 Å². The van der Waals surface area contributed by atoms with Crippen LogP contribution in [-0.4, -0.2) is 41.1 Å². The standard InChI is InChI=1S/C12H24N4O2/c1-8(2)10(11(13)15-18)14-12(17)16-6-4-5-9(3)7-16/h8-10,18H,4-7H2,1-3H3,(H2,13,15)(H,14,17). The first-order valence-electron chi connectivity index (χ1n) is 6.48. The Bertz CT molecular complexity index is 317. The van der Waals surface area contributed by atoms with E-state index in [1.165, 1.54) is 0 Å². The fourth-order valence-electron chi connectivity index (χ4n) is 2.24. The second-order valence-corrected chi connectivity index (χ2v) is 5.39. The summed E-state index contributed by atoms with van der Waals surface area (Å²) < 4.78 is 0. The summed E-state index contributed by atoms with van der Waals surface area (Å²) in [5, 5.41) is 14.5. The Balaban J connectivity index is 2.61. The van der Waals surface area contributed by atoms with Gasteiger partial charge in [0.15, 0.2) is 5.84 Å². The van der Waals surface area contributed by atoms with Gasteiger partial charge in [-0.1, -0.05) is 25.9 Å². The number of carbonyl (C=O) groups is 1. The van der Waals surface area contributed by atoms with Gasteiger partial charge in [0, 0.05) is 13.1 Å². The number of nitrogens with zero attached hydrogens (tertiary/aromatic N) is 2. The van der Waals surface area contributed by atoms with Crippen molar-refractivity contribution < 1.29 is 10.0 Å². The summed E-state index contributed by atoms with van der Waals surface area (Å²) in [7, 11) is 0. The summed E-state index contributed by atoms with van der Waals surface area (Å²) in [6.45, 7) is 7.52. The van der Waals surface area contributed by atoms with E-state index in [4.69, 9.17) is 10.9 Å². The number of amides is 2. The Morgan fingerprint density at radius 2 is 2.22 bits per heavy atom. The Hall–Kier alpha value is -1.46. The van der Waals surface area contributed by atoms with Gasteiger partial charge < -0.3 is 21.2 Å². The van der Waals surface area contributed by atoms with Crippen molar-refractivity contribution in [1.82, 2.24) is 10.2 Å². The highest BCUT2D eigenvalue weighted by Gasteiger charge is 2.26. The van der Waals surface area contributed by atoms with Crippen LogP contribution in [0, 0.1) is 11.8 Å². The fourth-order valence-corrected chi connectivity index (χ4v) is 2.24. The summed E-state index contributed by atoms with van der Waals surface area (Å²) in [4.78, 5) is 13.9. The molecule has 1 saturated heterocycles. The van der Waals surface area contributed by atoms with Crippen molar-refractivity contribution >= 4 is 11.9 Å². The normalized spacial score (nSPS) is 23.0. The molecule has 4 N–H and O–H groups in total. The van der Waals surface area contributed by atoms with Crippen LogP contribution in [0.1, 0.15) is 33.6 Å². The molecular formula is C12H24N4O2. The van der Waals surface area contributed by atoms with Crippen molar-refractivity contribution in [3.05, 3.63) is 0 Å². The summed E-state index contributed by atoms with van der Waals surface area (Å²) in [5.41, 5.74) is 5.59. The molecule has 1 heterocycles. The molecule has 2 unspecified atom stereocenters. The second-order valence-electron chi connectivity index (χ2n) is 5.39.